The molecule has 1 aromatic rings. The van der Waals surface area contributed by atoms with Crippen molar-refractivity contribution in [3.05, 3.63) is 21.3 Å². The van der Waals surface area contributed by atoms with E-state index in [1.165, 1.54) is 16.9 Å². The lowest BCUT2D eigenvalue weighted by molar-refractivity contribution is -0.137. The van der Waals surface area contributed by atoms with Crippen LogP contribution in [0.5, 0.6) is 0 Å². The third kappa shape index (κ3) is 4.59. The van der Waals surface area contributed by atoms with Gasteiger partial charge in [-0.1, -0.05) is 11.6 Å². The fourth-order valence-corrected chi connectivity index (χ4v) is 3.02. The molecule has 1 N–H and O–H groups in total. The Labute approximate surface area is 117 Å². The largest absolute Gasteiger partial charge is 0.481 e. The first-order valence-electron chi connectivity index (χ1n) is 6.13. The molecule has 0 saturated carbocycles. The van der Waals surface area contributed by atoms with Gasteiger partial charge in [0.05, 0.1) is 4.34 Å². The lowest BCUT2D eigenvalue weighted by atomic mass is 10.1. The highest BCUT2D eigenvalue weighted by atomic mass is 35.5. The molecule has 1 atom stereocenters. The predicted molar refractivity (Wildman–Crippen MR) is 76.5 cm³/mol. The quantitative estimate of drug-likeness (QED) is 0.823. The number of thiophene rings is 1. The molecule has 0 amide bonds. The predicted octanol–water partition coefficient (Wildman–Crippen LogP) is 4.04. The fourth-order valence-electron chi connectivity index (χ4n) is 2.05. The van der Waals surface area contributed by atoms with Gasteiger partial charge in [0.15, 0.2) is 0 Å². The van der Waals surface area contributed by atoms with E-state index in [4.69, 9.17) is 16.7 Å². The molecule has 0 spiro atoms. The Morgan fingerprint density at radius 1 is 1.50 bits per heavy atom. The summed E-state index contributed by atoms with van der Waals surface area (Å²) in [4.78, 5) is 12.9. The molecule has 0 aliphatic rings. The molecule has 0 saturated heterocycles. The van der Waals surface area contributed by atoms with Crippen LogP contribution in [-0.4, -0.2) is 28.6 Å². The summed E-state index contributed by atoms with van der Waals surface area (Å²) in [7, 11) is 0. The Bertz CT molecular complexity index is 392. The second-order valence-corrected chi connectivity index (χ2v) is 6.23. The standard InChI is InChI=1S/C13H20ClNO2S/c1-9(2)15(6-4-5-13(16)17)10(3)11-7-12(14)18-8-11/h7-10H,4-6H2,1-3H3,(H,16,17). The van der Waals surface area contributed by atoms with Gasteiger partial charge >= 0.3 is 5.97 Å². The zero-order valence-corrected chi connectivity index (χ0v) is 12.6. The monoisotopic (exact) mass is 289 g/mol. The lowest BCUT2D eigenvalue weighted by Crippen LogP contribution is -2.34. The summed E-state index contributed by atoms with van der Waals surface area (Å²) in [5, 5.41) is 10.8. The maximum Gasteiger partial charge on any atom is 0.303 e. The molecule has 0 radical (unpaired) electrons. The highest BCUT2D eigenvalue weighted by molar-refractivity contribution is 7.14. The average molecular weight is 290 g/mol. The maximum absolute atomic E-state index is 10.6. The van der Waals surface area contributed by atoms with E-state index in [-0.39, 0.29) is 12.5 Å². The number of rotatable bonds is 7. The minimum Gasteiger partial charge on any atom is -0.481 e. The second kappa shape index (κ2) is 7.12. The molecule has 0 fully saturated rings. The first-order chi connectivity index (χ1) is 8.41. The van der Waals surface area contributed by atoms with Crippen LogP contribution in [0.1, 0.15) is 45.2 Å². The summed E-state index contributed by atoms with van der Waals surface area (Å²) in [6, 6.07) is 2.64. The number of nitrogens with zero attached hydrogens (tertiary/aromatic N) is 1. The van der Waals surface area contributed by atoms with Crippen molar-refractivity contribution in [1.29, 1.82) is 0 Å². The van der Waals surface area contributed by atoms with Gasteiger partial charge in [-0.2, -0.15) is 0 Å². The van der Waals surface area contributed by atoms with Gasteiger partial charge in [0, 0.05) is 18.5 Å². The zero-order valence-electron chi connectivity index (χ0n) is 11.0. The summed E-state index contributed by atoms with van der Waals surface area (Å²) >= 11 is 7.49. The molecule has 3 nitrogen and oxygen atoms in total. The van der Waals surface area contributed by atoms with E-state index in [0.717, 1.165) is 10.9 Å². The van der Waals surface area contributed by atoms with Crippen molar-refractivity contribution in [1.82, 2.24) is 4.90 Å². The van der Waals surface area contributed by atoms with Crippen LogP contribution in [0.3, 0.4) is 0 Å². The van der Waals surface area contributed by atoms with Crippen molar-refractivity contribution in [3.63, 3.8) is 0 Å². The van der Waals surface area contributed by atoms with Gasteiger partial charge < -0.3 is 5.11 Å². The van der Waals surface area contributed by atoms with Crippen molar-refractivity contribution in [2.75, 3.05) is 6.54 Å². The lowest BCUT2D eigenvalue weighted by Gasteiger charge is -2.32. The Morgan fingerprint density at radius 3 is 2.61 bits per heavy atom. The van der Waals surface area contributed by atoms with Crippen LogP contribution in [0.4, 0.5) is 0 Å². The number of carbonyl (C=O) groups is 1. The molecule has 18 heavy (non-hydrogen) atoms. The van der Waals surface area contributed by atoms with E-state index in [2.05, 4.69) is 31.1 Å². The molecule has 1 aromatic heterocycles. The molecular formula is C13H20ClNO2S. The van der Waals surface area contributed by atoms with Crippen molar-refractivity contribution in [3.8, 4) is 0 Å². The van der Waals surface area contributed by atoms with Crippen LogP contribution in [-0.2, 0) is 4.79 Å². The number of hydrogen-bond donors (Lipinski definition) is 1. The summed E-state index contributed by atoms with van der Waals surface area (Å²) in [6.07, 6.45) is 0.899. The number of halogens is 1. The second-order valence-electron chi connectivity index (χ2n) is 4.69. The van der Waals surface area contributed by atoms with Gasteiger partial charge in [-0.15, -0.1) is 11.3 Å². The molecule has 0 aliphatic heterocycles. The van der Waals surface area contributed by atoms with Crippen LogP contribution in [0.25, 0.3) is 0 Å². The van der Waals surface area contributed by atoms with E-state index < -0.39 is 5.97 Å². The molecule has 102 valence electrons. The molecule has 1 rings (SSSR count). The Morgan fingerprint density at radius 2 is 2.17 bits per heavy atom. The SMILES string of the molecule is CC(C)N(CCCC(=O)O)C(C)c1csc(Cl)c1. The topological polar surface area (TPSA) is 40.5 Å². The van der Waals surface area contributed by atoms with E-state index in [9.17, 15) is 4.79 Å². The first kappa shape index (κ1) is 15.5. The molecular weight excluding hydrogens is 270 g/mol. The molecule has 1 unspecified atom stereocenters. The van der Waals surface area contributed by atoms with Crippen molar-refractivity contribution >= 4 is 28.9 Å². The van der Waals surface area contributed by atoms with Crippen LogP contribution in [0, 0.1) is 0 Å². The first-order valence-corrected chi connectivity index (χ1v) is 7.39. The van der Waals surface area contributed by atoms with Crippen LogP contribution in [0.2, 0.25) is 4.34 Å². The van der Waals surface area contributed by atoms with Crippen LogP contribution < -0.4 is 0 Å². The Hall–Kier alpha value is -0.580. The number of aliphatic carboxylic acids is 1. The minimum absolute atomic E-state index is 0.223. The van der Waals surface area contributed by atoms with Gasteiger partial charge in [-0.05, 0) is 50.7 Å². The highest BCUT2D eigenvalue weighted by Crippen LogP contribution is 2.29. The summed E-state index contributed by atoms with van der Waals surface area (Å²) in [6.45, 7) is 7.19. The van der Waals surface area contributed by atoms with E-state index in [1.54, 1.807) is 0 Å². The van der Waals surface area contributed by atoms with E-state index in [1.807, 2.05) is 6.07 Å². The normalized spacial score (nSPS) is 13.2. The maximum atomic E-state index is 10.6. The van der Waals surface area contributed by atoms with E-state index >= 15 is 0 Å². The van der Waals surface area contributed by atoms with Gasteiger partial charge in [0.1, 0.15) is 0 Å². The Balaban J connectivity index is 2.63. The number of carboxylic acid groups (broad SMARTS) is 1. The van der Waals surface area contributed by atoms with Gasteiger partial charge in [0.25, 0.3) is 0 Å². The van der Waals surface area contributed by atoms with Gasteiger partial charge in [0.2, 0.25) is 0 Å². The van der Waals surface area contributed by atoms with Crippen molar-refractivity contribution in [2.45, 2.75) is 45.7 Å². The van der Waals surface area contributed by atoms with Crippen molar-refractivity contribution < 1.29 is 9.90 Å². The van der Waals surface area contributed by atoms with Gasteiger partial charge in [-0.3, -0.25) is 9.69 Å². The number of hydrogen-bond acceptors (Lipinski definition) is 3. The molecule has 5 heteroatoms. The van der Waals surface area contributed by atoms with Gasteiger partial charge in [-0.25, -0.2) is 0 Å². The molecule has 1 heterocycles. The minimum atomic E-state index is -0.732. The van der Waals surface area contributed by atoms with Crippen LogP contribution in [0.15, 0.2) is 11.4 Å². The summed E-state index contributed by atoms with van der Waals surface area (Å²) < 4.78 is 0.797. The molecule has 0 aromatic carbocycles. The fraction of sp³-hybridized carbons (Fsp3) is 0.615. The summed E-state index contributed by atoms with van der Waals surface area (Å²) in [5.74, 6) is -0.732. The third-order valence-electron chi connectivity index (χ3n) is 3.04. The Kier molecular flexibility index (Phi) is 6.12. The smallest absolute Gasteiger partial charge is 0.303 e. The summed E-state index contributed by atoms with van der Waals surface area (Å²) in [5.41, 5.74) is 1.20. The highest BCUT2D eigenvalue weighted by Gasteiger charge is 2.19. The number of carboxylic acids is 1. The van der Waals surface area contributed by atoms with Crippen LogP contribution >= 0.6 is 22.9 Å². The average Bonchev–Trinajstić information content (AvgIpc) is 2.69. The zero-order chi connectivity index (χ0) is 13.7. The molecule has 0 bridgehead atoms. The van der Waals surface area contributed by atoms with Crippen molar-refractivity contribution in [2.24, 2.45) is 0 Å². The van der Waals surface area contributed by atoms with E-state index in [0.29, 0.717) is 12.5 Å². The molecule has 0 aliphatic carbocycles. The third-order valence-corrected chi connectivity index (χ3v) is 4.15.